The van der Waals surface area contributed by atoms with Crippen molar-refractivity contribution in [1.29, 1.82) is 0 Å². The molecule has 0 spiro atoms. The molecular weight excluding hydrogens is 412 g/mol. The Morgan fingerprint density at radius 3 is 2.19 bits per heavy atom. The summed E-state index contributed by atoms with van der Waals surface area (Å²) in [6, 6.07) is 12.2. The number of aryl methyl sites for hydroxylation is 2. The van der Waals surface area contributed by atoms with Gasteiger partial charge in [-0.1, -0.05) is 18.2 Å². The first kappa shape index (κ1) is 24.6. The van der Waals surface area contributed by atoms with Crippen LogP contribution in [-0.4, -0.2) is 42.8 Å². The highest BCUT2D eigenvalue weighted by atomic mass is 16.5. The monoisotopic (exact) mass is 440 g/mol. The van der Waals surface area contributed by atoms with Crippen molar-refractivity contribution in [2.24, 2.45) is 0 Å². The highest BCUT2D eigenvalue weighted by Crippen LogP contribution is 2.19. The third kappa shape index (κ3) is 7.54. The van der Waals surface area contributed by atoms with Gasteiger partial charge in [0, 0.05) is 11.3 Å². The molecule has 0 aliphatic rings. The van der Waals surface area contributed by atoms with Gasteiger partial charge in [-0.05, 0) is 63.1 Å². The van der Waals surface area contributed by atoms with Crippen molar-refractivity contribution < 1.29 is 28.7 Å². The molecule has 0 saturated heterocycles. The highest BCUT2D eigenvalue weighted by Gasteiger charge is 2.18. The summed E-state index contributed by atoms with van der Waals surface area (Å²) in [7, 11) is 0. The van der Waals surface area contributed by atoms with Crippen LogP contribution in [-0.2, 0) is 19.1 Å². The molecule has 0 radical (unpaired) electrons. The van der Waals surface area contributed by atoms with E-state index in [0.717, 1.165) is 11.1 Å². The summed E-state index contributed by atoms with van der Waals surface area (Å²) in [6.07, 6.45) is -1.11. The van der Waals surface area contributed by atoms with Crippen molar-refractivity contribution in [3.05, 3.63) is 59.2 Å². The number of rotatable bonds is 10. The number of carbonyl (C=O) groups excluding carboxylic acids is 4. The van der Waals surface area contributed by atoms with Crippen LogP contribution >= 0.6 is 0 Å². The quantitative estimate of drug-likeness (QED) is 0.434. The summed E-state index contributed by atoms with van der Waals surface area (Å²) >= 11 is 0. The van der Waals surface area contributed by atoms with Crippen LogP contribution in [0.1, 0.15) is 41.8 Å². The second-order valence-electron chi connectivity index (χ2n) is 7.34. The molecule has 170 valence electrons. The van der Waals surface area contributed by atoms with Gasteiger partial charge in [-0.3, -0.25) is 19.2 Å². The van der Waals surface area contributed by atoms with E-state index in [2.05, 4.69) is 10.6 Å². The maximum atomic E-state index is 12.1. The van der Waals surface area contributed by atoms with Crippen molar-refractivity contribution in [2.75, 3.05) is 18.5 Å². The molecule has 8 heteroatoms. The highest BCUT2D eigenvalue weighted by molar-refractivity contribution is 5.96. The van der Waals surface area contributed by atoms with Crippen LogP contribution in [0.15, 0.2) is 42.5 Å². The summed E-state index contributed by atoms with van der Waals surface area (Å²) in [5.41, 5.74) is 3.12. The van der Waals surface area contributed by atoms with Crippen molar-refractivity contribution in [3.8, 4) is 5.75 Å². The number of carbonyl (C=O) groups is 4. The van der Waals surface area contributed by atoms with Crippen LogP contribution in [0.2, 0.25) is 0 Å². The number of benzene rings is 2. The fraction of sp³-hybridized carbons (Fsp3) is 0.333. The molecule has 1 atom stereocenters. The van der Waals surface area contributed by atoms with Crippen LogP contribution in [0.5, 0.6) is 5.75 Å². The van der Waals surface area contributed by atoms with Gasteiger partial charge in [0.05, 0.1) is 19.6 Å². The lowest BCUT2D eigenvalue weighted by Gasteiger charge is -2.15. The average molecular weight is 440 g/mol. The lowest BCUT2D eigenvalue weighted by molar-refractivity contribution is -0.155. The Hall–Kier alpha value is -3.68. The molecule has 2 aromatic rings. The van der Waals surface area contributed by atoms with Crippen molar-refractivity contribution in [2.45, 2.75) is 40.2 Å². The number of hydrogen-bond acceptors (Lipinski definition) is 6. The molecule has 0 saturated carbocycles. The van der Waals surface area contributed by atoms with Crippen LogP contribution in [0, 0.1) is 13.8 Å². The molecule has 2 N–H and O–H groups in total. The average Bonchev–Trinajstić information content (AvgIpc) is 2.75. The molecule has 1 unspecified atom stereocenters. The minimum absolute atomic E-state index is 0.0461. The van der Waals surface area contributed by atoms with Gasteiger partial charge >= 0.3 is 5.97 Å². The Morgan fingerprint density at radius 2 is 1.59 bits per heavy atom. The first-order valence-electron chi connectivity index (χ1n) is 10.2. The van der Waals surface area contributed by atoms with Crippen molar-refractivity contribution in [3.63, 3.8) is 0 Å². The zero-order chi connectivity index (χ0) is 23.7. The van der Waals surface area contributed by atoms with Gasteiger partial charge in [-0.2, -0.15) is 0 Å². The molecule has 32 heavy (non-hydrogen) atoms. The zero-order valence-corrected chi connectivity index (χ0v) is 18.7. The number of ketones is 1. The molecule has 2 aromatic carbocycles. The second kappa shape index (κ2) is 11.6. The SMILES string of the molecule is CC(=O)c1ccc(OCCC(=O)OC(C)C(=O)NCC(=O)Nc2c(C)cccc2C)cc1. The van der Waals surface area contributed by atoms with Gasteiger partial charge in [0.15, 0.2) is 11.9 Å². The smallest absolute Gasteiger partial charge is 0.310 e. The zero-order valence-electron chi connectivity index (χ0n) is 18.7. The van der Waals surface area contributed by atoms with Crippen LogP contribution in [0.3, 0.4) is 0 Å². The fourth-order valence-corrected chi connectivity index (χ4v) is 2.85. The number of ether oxygens (including phenoxy) is 2. The number of anilines is 1. The predicted octanol–water partition coefficient (Wildman–Crippen LogP) is 2.96. The number of esters is 1. The second-order valence-corrected chi connectivity index (χ2v) is 7.34. The molecule has 2 rings (SSSR count). The van der Waals surface area contributed by atoms with Crippen molar-refractivity contribution in [1.82, 2.24) is 5.32 Å². The summed E-state index contributed by atoms with van der Waals surface area (Å²) in [5, 5.41) is 5.23. The van der Waals surface area contributed by atoms with Crippen LogP contribution in [0.4, 0.5) is 5.69 Å². The van der Waals surface area contributed by atoms with E-state index in [0.29, 0.717) is 17.0 Å². The summed E-state index contributed by atoms with van der Waals surface area (Å²) in [5.74, 6) is -1.08. The van der Waals surface area contributed by atoms with Gasteiger partial charge in [-0.15, -0.1) is 0 Å². The van der Waals surface area contributed by atoms with E-state index < -0.39 is 18.0 Å². The topological polar surface area (TPSA) is 111 Å². The van der Waals surface area contributed by atoms with E-state index in [-0.39, 0.29) is 31.3 Å². The van der Waals surface area contributed by atoms with E-state index in [9.17, 15) is 19.2 Å². The largest absolute Gasteiger partial charge is 0.493 e. The molecule has 2 amide bonds. The Balaban J connectivity index is 1.70. The van der Waals surface area contributed by atoms with Gasteiger partial charge in [0.25, 0.3) is 5.91 Å². The molecule has 0 bridgehead atoms. The Bertz CT molecular complexity index is 964. The molecule has 0 heterocycles. The van der Waals surface area contributed by atoms with Gasteiger partial charge in [-0.25, -0.2) is 0 Å². The summed E-state index contributed by atoms with van der Waals surface area (Å²) in [6.45, 7) is 6.48. The van der Waals surface area contributed by atoms with E-state index in [1.165, 1.54) is 13.8 Å². The number of nitrogens with one attached hydrogen (secondary N) is 2. The normalized spacial score (nSPS) is 11.2. The Kier molecular flexibility index (Phi) is 8.95. The lowest BCUT2D eigenvalue weighted by atomic mass is 10.1. The molecule has 8 nitrogen and oxygen atoms in total. The van der Waals surface area contributed by atoms with E-state index in [1.807, 2.05) is 32.0 Å². The maximum Gasteiger partial charge on any atom is 0.310 e. The van der Waals surface area contributed by atoms with E-state index in [4.69, 9.17) is 9.47 Å². The first-order chi connectivity index (χ1) is 15.2. The van der Waals surface area contributed by atoms with E-state index >= 15 is 0 Å². The standard InChI is InChI=1S/C24H28N2O6/c1-15-6-5-7-16(2)23(15)26-21(28)14-25-24(30)18(4)32-22(29)12-13-31-20-10-8-19(9-11-20)17(3)27/h5-11,18H,12-14H2,1-4H3,(H,25,30)(H,26,28). The van der Waals surface area contributed by atoms with Gasteiger partial charge in [0.2, 0.25) is 5.91 Å². The molecule has 0 fully saturated rings. The summed E-state index contributed by atoms with van der Waals surface area (Å²) in [4.78, 5) is 47.4. The van der Waals surface area contributed by atoms with E-state index in [1.54, 1.807) is 24.3 Å². The van der Waals surface area contributed by atoms with Gasteiger partial charge < -0.3 is 20.1 Å². The van der Waals surface area contributed by atoms with Crippen LogP contribution < -0.4 is 15.4 Å². The first-order valence-corrected chi connectivity index (χ1v) is 10.2. The Morgan fingerprint density at radius 1 is 0.969 bits per heavy atom. The minimum Gasteiger partial charge on any atom is -0.493 e. The van der Waals surface area contributed by atoms with Gasteiger partial charge in [0.1, 0.15) is 5.75 Å². The maximum absolute atomic E-state index is 12.1. The van der Waals surface area contributed by atoms with Crippen LogP contribution in [0.25, 0.3) is 0 Å². The lowest BCUT2D eigenvalue weighted by Crippen LogP contribution is -2.40. The number of hydrogen-bond donors (Lipinski definition) is 2. The Labute approximate surface area is 187 Å². The minimum atomic E-state index is -1.05. The number of Topliss-reactive ketones (excluding diaryl/α,β-unsaturated/α-hetero) is 1. The third-order valence-electron chi connectivity index (χ3n) is 4.68. The summed E-state index contributed by atoms with van der Waals surface area (Å²) < 4.78 is 10.5. The molecule has 0 aliphatic heterocycles. The fourth-order valence-electron chi connectivity index (χ4n) is 2.85. The number of amides is 2. The third-order valence-corrected chi connectivity index (χ3v) is 4.68. The molecule has 0 aromatic heterocycles. The predicted molar refractivity (Wildman–Crippen MR) is 120 cm³/mol. The van der Waals surface area contributed by atoms with Crippen molar-refractivity contribution >= 4 is 29.3 Å². The molecular formula is C24H28N2O6. The number of para-hydroxylation sites is 1. The molecule has 0 aliphatic carbocycles.